The van der Waals surface area contributed by atoms with Crippen molar-refractivity contribution in [3.8, 4) is 0 Å². The van der Waals surface area contributed by atoms with Crippen LogP contribution < -0.4 is 0 Å². The number of aromatic nitrogens is 1. The average Bonchev–Trinajstić information content (AvgIpc) is 2.68. The lowest BCUT2D eigenvalue weighted by Gasteiger charge is -2.02. The van der Waals surface area contributed by atoms with E-state index in [1.54, 1.807) is 11.8 Å². The van der Waals surface area contributed by atoms with Crippen LogP contribution in [0.1, 0.15) is 5.69 Å². The van der Waals surface area contributed by atoms with Gasteiger partial charge in [-0.1, -0.05) is 41.0 Å². The van der Waals surface area contributed by atoms with Crippen LogP contribution in [0.2, 0.25) is 10.0 Å². The number of benzene rings is 2. The van der Waals surface area contributed by atoms with E-state index in [1.807, 2.05) is 36.4 Å². The average molecular weight is 308 g/mol. The molecule has 0 saturated carbocycles. The van der Waals surface area contributed by atoms with E-state index in [0.29, 0.717) is 0 Å². The molecular weight excluding hydrogens is 297 g/mol. The molecule has 0 aliphatic carbocycles. The van der Waals surface area contributed by atoms with E-state index in [2.05, 4.69) is 18.0 Å². The molecule has 0 unspecified atom stereocenters. The van der Waals surface area contributed by atoms with Crippen molar-refractivity contribution in [1.82, 2.24) is 4.98 Å². The highest BCUT2D eigenvalue weighted by molar-refractivity contribution is 7.99. The van der Waals surface area contributed by atoms with Gasteiger partial charge in [0.15, 0.2) is 0 Å². The lowest BCUT2D eigenvalue weighted by Crippen LogP contribution is -1.75. The Hall–Kier alpha value is -1.09. The number of rotatable bonds is 2. The van der Waals surface area contributed by atoms with Crippen LogP contribution in [-0.4, -0.2) is 4.98 Å². The number of aromatic amines is 1. The van der Waals surface area contributed by atoms with Gasteiger partial charge in [-0.25, -0.2) is 0 Å². The summed E-state index contributed by atoms with van der Waals surface area (Å²) in [4.78, 5) is 5.77. The monoisotopic (exact) mass is 307 g/mol. The normalized spacial score (nSPS) is 11.1. The SMILES string of the molecule is Cc1[nH]c2cc(Cl)ccc2c1Sc1ccc(Cl)cc1. The van der Waals surface area contributed by atoms with Gasteiger partial charge in [0, 0.05) is 36.4 Å². The highest BCUT2D eigenvalue weighted by atomic mass is 35.5. The Morgan fingerprint density at radius 1 is 0.947 bits per heavy atom. The number of H-pyrrole nitrogens is 1. The Kier molecular flexibility index (Phi) is 3.48. The summed E-state index contributed by atoms with van der Waals surface area (Å²) < 4.78 is 0. The molecule has 96 valence electrons. The van der Waals surface area contributed by atoms with Crippen LogP contribution >= 0.6 is 35.0 Å². The summed E-state index contributed by atoms with van der Waals surface area (Å²) in [5.41, 5.74) is 2.22. The summed E-state index contributed by atoms with van der Waals surface area (Å²) in [6.07, 6.45) is 0. The molecule has 0 fully saturated rings. The van der Waals surface area contributed by atoms with E-state index >= 15 is 0 Å². The van der Waals surface area contributed by atoms with Crippen LogP contribution in [0.25, 0.3) is 10.9 Å². The number of hydrogen-bond donors (Lipinski definition) is 1. The van der Waals surface area contributed by atoms with Gasteiger partial charge in [0.1, 0.15) is 0 Å². The van der Waals surface area contributed by atoms with Gasteiger partial charge in [-0.15, -0.1) is 0 Å². The molecule has 1 N–H and O–H groups in total. The fourth-order valence-electron chi connectivity index (χ4n) is 2.03. The summed E-state index contributed by atoms with van der Waals surface area (Å²) in [6.45, 7) is 2.08. The maximum Gasteiger partial charge on any atom is 0.0482 e. The number of hydrogen-bond acceptors (Lipinski definition) is 1. The Morgan fingerprint density at radius 3 is 2.37 bits per heavy atom. The Bertz CT molecular complexity index is 732. The van der Waals surface area contributed by atoms with Gasteiger partial charge >= 0.3 is 0 Å². The van der Waals surface area contributed by atoms with Gasteiger partial charge in [0.05, 0.1) is 0 Å². The van der Waals surface area contributed by atoms with Crippen LogP contribution in [0, 0.1) is 6.92 Å². The maximum atomic E-state index is 6.02. The summed E-state index contributed by atoms with van der Waals surface area (Å²) >= 11 is 13.7. The second-order valence-corrected chi connectivity index (χ2v) is 6.28. The first-order chi connectivity index (χ1) is 9.13. The van der Waals surface area contributed by atoms with Crippen LogP contribution in [0.3, 0.4) is 0 Å². The molecule has 0 atom stereocenters. The maximum absolute atomic E-state index is 6.02. The molecule has 0 radical (unpaired) electrons. The number of nitrogens with one attached hydrogen (secondary N) is 1. The topological polar surface area (TPSA) is 15.8 Å². The molecule has 1 nitrogen and oxygen atoms in total. The van der Waals surface area contributed by atoms with E-state index in [-0.39, 0.29) is 0 Å². The predicted octanol–water partition coefficient (Wildman–Crippen LogP) is 5.93. The van der Waals surface area contributed by atoms with Crippen molar-refractivity contribution in [2.24, 2.45) is 0 Å². The molecule has 4 heteroatoms. The number of fused-ring (bicyclic) bond motifs is 1. The largest absolute Gasteiger partial charge is 0.358 e. The van der Waals surface area contributed by atoms with Crippen molar-refractivity contribution in [2.45, 2.75) is 16.7 Å². The standard InChI is InChI=1S/C15H11Cl2NS/c1-9-15(19-12-5-2-10(16)3-6-12)13-7-4-11(17)8-14(13)18-9/h2-8,18H,1H3. The third kappa shape index (κ3) is 2.62. The lowest BCUT2D eigenvalue weighted by molar-refractivity contribution is 1.23. The predicted molar refractivity (Wildman–Crippen MR) is 83.6 cm³/mol. The van der Waals surface area contributed by atoms with Gasteiger partial charge in [-0.2, -0.15) is 0 Å². The molecule has 0 aliphatic rings. The van der Waals surface area contributed by atoms with Gasteiger partial charge < -0.3 is 4.98 Å². The van der Waals surface area contributed by atoms with E-state index in [1.165, 1.54) is 15.2 Å². The molecule has 0 amide bonds. The molecule has 0 bridgehead atoms. The van der Waals surface area contributed by atoms with E-state index in [9.17, 15) is 0 Å². The van der Waals surface area contributed by atoms with Crippen LogP contribution in [0.4, 0.5) is 0 Å². The van der Waals surface area contributed by atoms with Gasteiger partial charge in [0.25, 0.3) is 0 Å². The summed E-state index contributed by atoms with van der Waals surface area (Å²) in [6, 6.07) is 13.8. The lowest BCUT2D eigenvalue weighted by atomic mass is 10.2. The van der Waals surface area contributed by atoms with Crippen molar-refractivity contribution in [2.75, 3.05) is 0 Å². The zero-order valence-electron chi connectivity index (χ0n) is 10.2. The van der Waals surface area contributed by atoms with Gasteiger partial charge in [-0.05, 0) is 43.3 Å². The molecular formula is C15H11Cl2NS. The fourth-order valence-corrected chi connectivity index (χ4v) is 3.33. The molecule has 3 rings (SSSR count). The van der Waals surface area contributed by atoms with E-state index < -0.39 is 0 Å². The van der Waals surface area contributed by atoms with Crippen LogP contribution in [0.5, 0.6) is 0 Å². The Balaban J connectivity index is 2.05. The van der Waals surface area contributed by atoms with Crippen molar-refractivity contribution >= 4 is 45.9 Å². The highest BCUT2D eigenvalue weighted by Crippen LogP contribution is 2.37. The van der Waals surface area contributed by atoms with Gasteiger partial charge in [-0.3, -0.25) is 0 Å². The summed E-state index contributed by atoms with van der Waals surface area (Å²) in [7, 11) is 0. The minimum Gasteiger partial charge on any atom is -0.358 e. The second kappa shape index (κ2) is 5.12. The quantitative estimate of drug-likeness (QED) is 0.620. The fraction of sp³-hybridized carbons (Fsp3) is 0.0667. The molecule has 0 spiro atoms. The van der Waals surface area contributed by atoms with Crippen molar-refractivity contribution in [3.63, 3.8) is 0 Å². The van der Waals surface area contributed by atoms with Crippen LogP contribution in [0.15, 0.2) is 52.3 Å². The Labute approximate surface area is 125 Å². The first-order valence-electron chi connectivity index (χ1n) is 5.85. The Morgan fingerprint density at radius 2 is 1.63 bits per heavy atom. The summed E-state index contributed by atoms with van der Waals surface area (Å²) in [5, 5.41) is 2.70. The molecule has 1 heterocycles. The number of aryl methyl sites for hydroxylation is 1. The molecule has 2 aromatic carbocycles. The minimum absolute atomic E-state index is 0.747. The summed E-state index contributed by atoms with van der Waals surface area (Å²) in [5.74, 6) is 0. The molecule has 19 heavy (non-hydrogen) atoms. The zero-order valence-corrected chi connectivity index (χ0v) is 12.5. The molecule has 0 saturated heterocycles. The van der Waals surface area contributed by atoms with E-state index in [0.717, 1.165) is 21.3 Å². The third-order valence-corrected chi connectivity index (χ3v) is 4.65. The first kappa shape index (κ1) is 12.9. The zero-order chi connectivity index (χ0) is 13.4. The van der Waals surface area contributed by atoms with Gasteiger partial charge in [0.2, 0.25) is 0 Å². The van der Waals surface area contributed by atoms with Crippen molar-refractivity contribution in [3.05, 3.63) is 58.2 Å². The van der Waals surface area contributed by atoms with Crippen LogP contribution in [-0.2, 0) is 0 Å². The molecule has 0 aliphatic heterocycles. The van der Waals surface area contributed by atoms with Crippen molar-refractivity contribution < 1.29 is 0 Å². The second-order valence-electron chi connectivity index (χ2n) is 4.33. The number of halogens is 2. The highest BCUT2D eigenvalue weighted by Gasteiger charge is 2.10. The third-order valence-electron chi connectivity index (χ3n) is 2.92. The van der Waals surface area contributed by atoms with E-state index in [4.69, 9.17) is 23.2 Å². The smallest absolute Gasteiger partial charge is 0.0482 e. The molecule has 3 aromatic rings. The minimum atomic E-state index is 0.747. The first-order valence-corrected chi connectivity index (χ1v) is 7.42. The molecule has 1 aromatic heterocycles. The van der Waals surface area contributed by atoms with Crippen molar-refractivity contribution in [1.29, 1.82) is 0 Å².